The summed E-state index contributed by atoms with van der Waals surface area (Å²) in [5, 5.41) is 6.13. The van der Waals surface area contributed by atoms with Crippen molar-refractivity contribution in [2.75, 3.05) is 39.8 Å². The molecule has 1 amide bonds. The summed E-state index contributed by atoms with van der Waals surface area (Å²) in [5.74, 6) is 0.00194. The highest BCUT2D eigenvalue weighted by molar-refractivity contribution is 5.77. The quantitative estimate of drug-likeness (QED) is 0.724. The average Bonchev–Trinajstić information content (AvgIpc) is 2.33. The maximum Gasteiger partial charge on any atom is 0.246 e. The molecule has 2 heterocycles. The van der Waals surface area contributed by atoms with Gasteiger partial charge in [-0.3, -0.25) is 4.79 Å². The van der Waals surface area contributed by atoms with Crippen LogP contribution in [0.1, 0.15) is 26.2 Å². The molecule has 2 aliphatic heterocycles. The molecule has 0 aromatic carbocycles. The Bertz CT molecular complexity index is 292. The highest BCUT2D eigenvalue weighted by Crippen LogP contribution is 2.15. The van der Waals surface area contributed by atoms with E-state index in [9.17, 15) is 4.79 Å². The number of amides is 1. The molecule has 2 saturated heterocycles. The molecule has 0 aromatic rings. The molecule has 1 unspecified atom stereocenters. The van der Waals surface area contributed by atoms with Gasteiger partial charge in [0.2, 0.25) is 5.91 Å². The number of likely N-dealkylation sites (tertiary alicyclic amines) is 1. The lowest BCUT2D eigenvalue weighted by molar-refractivity contribution is -0.136. The van der Waals surface area contributed by atoms with E-state index in [-0.39, 0.29) is 18.1 Å². The topological polar surface area (TPSA) is 53.6 Å². The Morgan fingerprint density at radius 1 is 1.50 bits per heavy atom. The highest BCUT2D eigenvalue weighted by Gasteiger charge is 2.33. The Morgan fingerprint density at radius 2 is 2.28 bits per heavy atom. The molecule has 2 aliphatic rings. The predicted molar refractivity (Wildman–Crippen MR) is 70.5 cm³/mol. The van der Waals surface area contributed by atoms with Gasteiger partial charge in [-0.25, -0.2) is 0 Å². The first-order chi connectivity index (χ1) is 8.59. The number of carbonyl (C=O) groups excluding carboxylic acids is 1. The number of nitrogens with zero attached hydrogens (tertiary/aromatic N) is 1. The van der Waals surface area contributed by atoms with Crippen LogP contribution in [0.5, 0.6) is 0 Å². The molecule has 1 atom stereocenters. The molecule has 104 valence electrons. The fourth-order valence-corrected chi connectivity index (χ4v) is 2.50. The summed E-state index contributed by atoms with van der Waals surface area (Å²) in [6.45, 7) is 5.77. The molecule has 0 aromatic heterocycles. The van der Waals surface area contributed by atoms with Crippen LogP contribution in [0.25, 0.3) is 0 Å². The van der Waals surface area contributed by atoms with Gasteiger partial charge in [0.25, 0.3) is 0 Å². The van der Waals surface area contributed by atoms with Crippen LogP contribution < -0.4 is 10.6 Å². The van der Waals surface area contributed by atoms with Crippen LogP contribution >= 0.6 is 0 Å². The molecule has 2 rings (SSSR count). The standard InChI is InChI=1S/C13H25N3O2/c1-13(9-14-10-13)18-8-12(17)15-7-11-5-3-4-6-16(11)2/h11,14H,3-10H2,1-2H3,(H,15,17). The maximum atomic E-state index is 11.7. The molecular weight excluding hydrogens is 230 g/mol. The molecule has 2 N–H and O–H groups in total. The van der Waals surface area contributed by atoms with Gasteiger partial charge >= 0.3 is 0 Å². The molecular formula is C13H25N3O2. The van der Waals surface area contributed by atoms with Gasteiger partial charge < -0.3 is 20.3 Å². The maximum absolute atomic E-state index is 11.7. The van der Waals surface area contributed by atoms with Crippen molar-refractivity contribution in [3.63, 3.8) is 0 Å². The van der Waals surface area contributed by atoms with E-state index in [1.165, 1.54) is 19.3 Å². The van der Waals surface area contributed by atoms with E-state index in [2.05, 4.69) is 22.6 Å². The number of carbonyl (C=O) groups is 1. The summed E-state index contributed by atoms with van der Waals surface area (Å²) in [6, 6.07) is 0.489. The number of hydrogen-bond donors (Lipinski definition) is 2. The summed E-state index contributed by atoms with van der Waals surface area (Å²) in [4.78, 5) is 14.0. The van der Waals surface area contributed by atoms with Gasteiger partial charge in [-0.1, -0.05) is 6.42 Å². The van der Waals surface area contributed by atoms with Crippen molar-refractivity contribution in [3.05, 3.63) is 0 Å². The highest BCUT2D eigenvalue weighted by atomic mass is 16.5. The number of likely N-dealkylation sites (N-methyl/N-ethyl adjacent to an activating group) is 1. The predicted octanol–water partition coefficient (Wildman–Crippen LogP) is -0.0346. The third kappa shape index (κ3) is 3.67. The van der Waals surface area contributed by atoms with E-state index in [0.29, 0.717) is 6.04 Å². The third-order valence-corrected chi connectivity index (χ3v) is 4.01. The summed E-state index contributed by atoms with van der Waals surface area (Å²) in [5.41, 5.74) is -0.140. The second kappa shape index (κ2) is 5.99. The second-order valence-corrected chi connectivity index (χ2v) is 5.78. The smallest absolute Gasteiger partial charge is 0.246 e. The lowest BCUT2D eigenvalue weighted by Gasteiger charge is -2.38. The van der Waals surface area contributed by atoms with Crippen molar-refractivity contribution in [1.29, 1.82) is 0 Å². The molecule has 0 saturated carbocycles. The fourth-order valence-electron chi connectivity index (χ4n) is 2.50. The second-order valence-electron chi connectivity index (χ2n) is 5.78. The molecule has 0 spiro atoms. The Kier molecular flexibility index (Phi) is 4.59. The van der Waals surface area contributed by atoms with Gasteiger partial charge in [0, 0.05) is 25.7 Å². The van der Waals surface area contributed by atoms with Crippen LogP contribution in [0.4, 0.5) is 0 Å². The molecule has 5 heteroatoms. The number of ether oxygens (including phenoxy) is 1. The average molecular weight is 255 g/mol. The minimum absolute atomic E-state index is 0.00194. The van der Waals surface area contributed by atoms with Gasteiger partial charge in [-0.05, 0) is 33.4 Å². The lowest BCUT2D eigenvalue weighted by atomic mass is 10.0. The summed E-state index contributed by atoms with van der Waals surface area (Å²) in [7, 11) is 2.13. The zero-order chi connectivity index (χ0) is 13.0. The van der Waals surface area contributed by atoms with E-state index in [0.717, 1.165) is 26.2 Å². The number of hydrogen-bond acceptors (Lipinski definition) is 4. The van der Waals surface area contributed by atoms with E-state index < -0.39 is 0 Å². The summed E-state index contributed by atoms with van der Waals surface area (Å²) >= 11 is 0. The van der Waals surface area contributed by atoms with E-state index in [4.69, 9.17) is 4.74 Å². The van der Waals surface area contributed by atoms with Crippen molar-refractivity contribution >= 4 is 5.91 Å². The largest absolute Gasteiger partial charge is 0.363 e. The Balaban J connectivity index is 1.62. The van der Waals surface area contributed by atoms with Crippen LogP contribution in [0.3, 0.4) is 0 Å². The van der Waals surface area contributed by atoms with E-state index in [1.807, 2.05) is 6.92 Å². The Labute approximate surface area is 109 Å². The Hall–Kier alpha value is -0.650. The molecule has 2 fully saturated rings. The number of rotatable bonds is 5. The first-order valence-corrected chi connectivity index (χ1v) is 6.91. The molecule has 18 heavy (non-hydrogen) atoms. The third-order valence-electron chi connectivity index (χ3n) is 4.01. The van der Waals surface area contributed by atoms with Crippen molar-refractivity contribution in [2.24, 2.45) is 0 Å². The van der Waals surface area contributed by atoms with Crippen LogP contribution in [0.15, 0.2) is 0 Å². The molecule has 0 radical (unpaired) electrons. The minimum atomic E-state index is -0.140. The van der Waals surface area contributed by atoms with Crippen LogP contribution in [0, 0.1) is 0 Å². The SMILES string of the molecule is CN1CCCCC1CNC(=O)COC1(C)CNC1. The van der Waals surface area contributed by atoms with Crippen molar-refractivity contribution in [3.8, 4) is 0 Å². The minimum Gasteiger partial charge on any atom is -0.363 e. The first kappa shape index (κ1) is 13.8. The zero-order valence-electron chi connectivity index (χ0n) is 11.5. The first-order valence-electron chi connectivity index (χ1n) is 6.91. The van der Waals surface area contributed by atoms with Gasteiger partial charge in [-0.15, -0.1) is 0 Å². The Morgan fingerprint density at radius 3 is 2.89 bits per heavy atom. The van der Waals surface area contributed by atoms with Crippen LogP contribution in [-0.4, -0.2) is 62.3 Å². The van der Waals surface area contributed by atoms with Gasteiger partial charge in [0.15, 0.2) is 0 Å². The zero-order valence-corrected chi connectivity index (χ0v) is 11.5. The molecule has 0 bridgehead atoms. The van der Waals surface area contributed by atoms with Gasteiger partial charge in [0.1, 0.15) is 6.61 Å². The van der Waals surface area contributed by atoms with Gasteiger partial charge in [-0.2, -0.15) is 0 Å². The lowest BCUT2D eigenvalue weighted by Crippen LogP contribution is -2.59. The van der Waals surface area contributed by atoms with Crippen LogP contribution in [0.2, 0.25) is 0 Å². The monoisotopic (exact) mass is 255 g/mol. The van der Waals surface area contributed by atoms with E-state index >= 15 is 0 Å². The van der Waals surface area contributed by atoms with Crippen molar-refractivity contribution < 1.29 is 9.53 Å². The summed E-state index contributed by atoms with van der Waals surface area (Å²) < 4.78 is 5.61. The number of piperidine rings is 1. The number of nitrogens with one attached hydrogen (secondary N) is 2. The fraction of sp³-hybridized carbons (Fsp3) is 0.923. The van der Waals surface area contributed by atoms with Crippen LogP contribution in [-0.2, 0) is 9.53 Å². The van der Waals surface area contributed by atoms with Crippen molar-refractivity contribution in [1.82, 2.24) is 15.5 Å². The van der Waals surface area contributed by atoms with Gasteiger partial charge in [0.05, 0.1) is 5.60 Å². The molecule has 5 nitrogen and oxygen atoms in total. The normalized spacial score (nSPS) is 27.6. The summed E-state index contributed by atoms with van der Waals surface area (Å²) in [6.07, 6.45) is 3.72. The van der Waals surface area contributed by atoms with Crippen molar-refractivity contribution in [2.45, 2.75) is 37.8 Å². The van der Waals surface area contributed by atoms with E-state index in [1.54, 1.807) is 0 Å². The molecule has 0 aliphatic carbocycles.